The van der Waals surface area contributed by atoms with Crippen LogP contribution in [0.4, 0.5) is 4.39 Å². The number of halogens is 2. The number of hydrogen-bond donors (Lipinski definition) is 2. The molecule has 6 heteroatoms. The maximum absolute atomic E-state index is 13.3. The van der Waals surface area contributed by atoms with E-state index in [1.807, 2.05) is 19.9 Å². The van der Waals surface area contributed by atoms with E-state index in [2.05, 4.69) is 5.32 Å². The summed E-state index contributed by atoms with van der Waals surface area (Å²) in [7, 11) is 0. The van der Waals surface area contributed by atoms with Crippen LogP contribution in [-0.2, 0) is 14.9 Å². The van der Waals surface area contributed by atoms with Crippen molar-refractivity contribution in [2.75, 3.05) is 13.1 Å². The van der Waals surface area contributed by atoms with Crippen LogP contribution in [0.3, 0.4) is 0 Å². The predicted molar refractivity (Wildman–Crippen MR) is 86.6 cm³/mol. The molecular weight excluding hydrogens is 307 g/mol. The molecule has 0 spiro atoms. The van der Waals surface area contributed by atoms with Crippen molar-refractivity contribution in [1.29, 1.82) is 0 Å². The molecule has 1 heterocycles. The van der Waals surface area contributed by atoms with Gasteiger partial charge in [-0.2, -0.15) is 0 Å². The summed E-state index contributed by atoms with van der Waals surface area (Å²) in [5.41, 5.74) is 6.05. The predicted octanol–water partition coefficient (Wildman–Crippen LogP) is 2.15. The fraction of sp³-hybridized carbons (Fsp3) is 0.562. The molecular formula is C16H24ClFN2O2. The summed E-state index contributed by atoms with van der Waals surface area (Å²) in [5, 5.41) is 2.90. The number of amides is 1. The molecule has 0 radical (unpaired) electrons. The van der Waals surface area contributed by atoms with Crippen LogP contribution in [0.25, 0.3) is 0 Å². The molecule has 0 aromatic heterocycles. The van der Waals surface area contributed by atoms with Gasteiger partial charge in [-0.3, -0.25) is 4.79 Å². The van der Waals surface area contributed by atoms with E-state index >= 15 is 0 Å². The van der Waals surface area contributed by atoms with Crippen LogP contribution < -0.4 is 11.1 Å². The van der Waals surface area contributed by atoms with Crippen LogP contribution in [-0.4, -0.2) is 31.2 Å². The lowest BCUT2D eigenvalue weighted by Gasteiger charge is -2.26. The Balaban J connectivity index is 0.00000242. The second-order valence-electron chi connectivity index (χ2n) is 6.17. The first-order valence-corrected chi connectivity index (χ1v) is 7.31. The van der Waals surface area contributed by atoms with Crippen molar-refractivity contribution >= 4 is 18.3 Å². The first kappa shape index (κ1) is 18.9. The van der Waals surface area contributed by atoms with Crippen LogP contribution in [0, 0.1) is 5.82 Å². The summed E-state index contributed by atoms with van der Waals surface area (Å²) in [6.45, 7) is 4.82. The van der Waals surface area contributed by atoms with Gasteiger partial charge < -0.3 is 15.8 Å². The molecule has 1 aromatic rings. The minimum absolute atomic E-state index is 0. The van der Waals surface area contributed by atoms with Crippen molar-refractivity contribution in [3.05, 3.63) is 35.6 Å². The van der Waals surface area contributed by atoms with E-state index in [0.717, 1.165) is 12.0 Å². The van der Waals surface area contributed by atoms with Gasteiger partial charge in [0, 0.05) is 18.5 Å². The number of carbonyl (C=O) groups excluding carboxylic acids is 1. The minimum Gasteiger partial charge on any atom is -0.364 e. The summed E-state index contributed by atoms with van der Waals surface area (Å²) >= 11 is 0. The standard InChI is InChI=1S/C16H23FN2O2.ClH/c1-16(2,11-4-3-5-12(17)8-11)10-19-15(20)14-7-6-13(9-18)21-14;/h3-5,8,13-14H,6-7,9-10,18H2,1-2H3,(H,19,20);1H/t13-,14+;/m1./s1. The highest BCUT2D eigenvalue weighted by molar-refractivity contribution is 5.85. The van der Waals surface area contributed by atoms with Crippen LogP contribution in [0.5, 0.6) is 0 Å². The van der Waals surface area contributed by atoms with Gasteiger partial charge in [0.2, 0.25) is 5.91 Å². The molecule has 4 nitrogen and oxygen atoms in total. The first-order valence-electron chi connectivity index (χ1n) is 7.31. The summed E-state index contributed by atoms with van der Waals surface area (Å²) in [6.07, 6.45) is 1.09. The summed E-state index contributed by atoms with van der Waals surface area (Å²) in [5.74, 6) is -0.382. The van der Waals surface area contributed by atoms with E-state index < -0.39 is 6.10 Å². The number of ether oxygens (including phenoxy) is 1. The SMILES string of the molecule is CC(C)(CNC(=O)[C@@H]1CC[C@H](CN)O1)c1cccc(F)c1.Cl. The molecule has 0 bridgehead atoms. The molecule has 2 atom stereocenters. The van der Waals surface area contributed by atoms with Crippen molar-refractivity contribution in [2.45, 2.75) is 44.3 Å². The molecule has 3 N–H and O–H groups in total. The fourth-order valence-electron chi connectivity index (χ4n) is 2.51. The molecule has 1 aliphatic heterocycles. The monoisotopic (exact) mass is 330 g/mol. The highest BCUT2D eigenvalue weighted by Gasteiger charge is 2.31. The summed E-state index contributed by atoms with van der Waals surface area (Å²) in [4.78, 5) is 12.1. The van der Waals surface area contributed by atoms with Gasteiger partial charge in [-0.15, -0.1) is 12.4 Å². The number of carbonyl (C=O) groups is 1. The molecule has 0 saturated carbocycles. The summed E-state index contributed by atoms with van der Waals surface area (Å²) < 4.78 is 18.9. The molecule has 1 fully saturated rings. The minimum atomic E-state index is -0.415. The molecule has 1 aliphatic rings. The van der Waals surface area contributed by atoms with E-state index in [4.69, 9.17) is 10.5 Å². The van der Waals surface area contributed by atoms with Crippen molar-refractivity contribution in [3.8, 4) is 0 Å². The smallest absolute Gasteiger partial charge is 0.249 e. The molecule has 0 unspecified atom stereocenters. The van der Waals surface area contributed by atoms with Crippen LogP contribution in [0.2, 0.25) is 0 Å². The number of rotatable bonds is 5. The van der Waals surface area contributed by atoms with Crippen LogP contribution in [0.15, 0.2) is 24.3 Å². The Hall–Kier alpha value is -1.17. The normalized spacial score (nSPS) is 21.3. The Morgan fingerprint density at radius 3 is 2.77 bits per heavy atom. The molecule has 2 rings (SSSR count). The van der Waals surface area contributed by atoms with Gasteiger partial charge in [-0.25, -0.2) is 4.39 Å². The Labute approximate surface area is 137 Å². The lowest BCUT2D eigenvalue weighted by atomic mass is 9.84. The van der Waals surface area contributed by atoms with E-state index in [-0.39, 0.29) is 35.7 Å². The second kappa shape index (κ2) is 7.90. The maximum atomic E-state index is 13.3. The third kappa shape index (κ3) is 4.66. The topological polar surface area (TPSA) is 64.4 Å². The molecule has 1 saturated heterocycles. The van der Waals surface area contributed by atoms with E-state index in [0.29, 0.717) is 19.5 Å². The van der Waals surface area contributed by atoms with E-state index in [9.17, 15) is 9.18 Å². The van der Waals surface area contributed by atoms with Crippen molar-refractivity contribution in [1.82, 2.24) is 5.32 Å². The number of benzene rings is 1. The molecule has 124 valence electrons. The number of hydrogen-bond acceptors (Lipinski definition) is 3. The van der Waals surface area contributed by atoms with Crippen molar-refractivity contribution < 1.29 is 13.9 Å². The Morgan fingerprint density at radius 1 is 1.45 bits per heavy atom. The van der Waals surface area contributed by atoms with Gasteiger partial charge in [0.05, 0.1) is 6.10 Å². The van der Waals surface area contributed by atoms with Crippen LogP contribution >= 0.6 is 12.4 Å². The Bertz CT molecular complexity index is 511. The van der Waals surface area contributed by atoms with E-state index in [1.165, 1.54) is 12.1 Å². The molecule has 1 aromatic carbocycles. The Morgan fingerprint density at radius 2 is 2.18 bits per heavy atom. The third-order valence-electron chi connectivity index (χ3n) is 3.97. The second-order valence-corrected chi connectivity index (χ2v) is 6.17. The van der Waals surface area contributed by atoms with Gasteiger partial charge in [0.1, 0.15) is 11.9 Å². The van der Waals surface area contributed by atoms with Gasteiger partial charge in [0.25, 0.3) is 0 Å². The maximum Gasteiger partial charge on any atom is 0.249 e. The van der Waals surface area contributed by atoms with E-state index in [1.54, 1.807) is 6.07 Å². The highest BCUT2D eigenvalue weighted by atomic mass is 35.5. The van der Waals surface area contributed by atoms with Gasteiger partial charge in [0.15, 0.2) is 0 Å². The molecule has 0 aliphatic carbocycles. The quantitative estimate of drug-likeness (QED) is 0.869. The fourth-order valence-corrected chi connectivity index (χ4v) is 2.51. The van der Waals surface area contributed by atoms with Gasteiger partial charge in [-0.05, 0) is 30.5 Å². The summed E-state index contributed by atoms with van der Waals surface area (Å²) in [6, 6.07) is 6.46. The molecule has 22 heavy (non-hydrogen) atoms. The lowest BCUT2D eigenvalue weighted by molar-refractivity contribution is -0.132. The zero-order chi connectivity index (χ0) is 15.5. The zero-order valence-corrected chi connectivity index (χ0v) is 13.8. The highest BCUT2D eigenvalue weighted by Crippen LogP contribution is 2.24. The zero-order valence-electron chi connectivity index (χ0n) is 13.0. The first-order chi connectivity index (χ1) is 9.92. The number of nitrogens with two attached hydrogens (primary N) is 1. The van der Waals surface area contributed by atoms with Crippen LogP contribution in [0.1, 0.15) is 32.3 Å². The van der Waals surface area contributed by atoms with Gasteiger partial charge >= 0.3 is 0 Å². The third-order valence-corrected chi connectivity index (χ3v) is 3.97. The lowest BCUT2D eigenvalue weighted by Crippen LogP contribution is -2.42. The average Bonchev–Trinajstić information content (AvgIpc) is 2.94. The largest absolute Gasteiger partial charge is 0.364 e. The Kier molecular flexibility index (Phi) is 6.78. The molecule has 1 amide bonds. The number of nitrogens with one attached hydrogen (secondary N) is 1. The average molecular weight is 331 g/mol. The van der Waals surface area contributed by atoms with Crippen molar-refractivity contribution in [2.24, 2.45) is 5.73 Å². The van der Waals surface area contributed by atoms with Gasteiger partial charge in [-0.1, -0.05) is 26.0 Å². The van der Waals surface area contributed by atoms with Crippen molar-refractivity contribution in [3.63, 3.8) is 0 Å².